The summed E-state index contributed by atoms with van der Waals surface area (Å²) in [6.07, 6.45) is 0.491. The van der Waals surface area contributed by atoms with Crippen molar-refractivity contribution in [1.82, 2.24) is 9.88 Å². The Labute approximate surface area is 127 Å². The van der Waals surface area contributed by atoms with Crippen molar-refractivity contribution in [2.75, 3.05) is 0 Å². The van der Waals surface area contributed by atoms with Crippen molar-refractivity contribution < 1.29 is 14.7 Å². The SMILES string of the molecule is C/C(O)=C1\C(=O)[C@@H]2Cc3c([nH]c4ccccc34)[C@@H](C)N2C1=O. The van der Waals surface area contributed by atoms with Crippen molar-refractivity contribution in [3.63, 3.8) is 0 Å². The van der Waals surface area contributed by atoms with Crippen molar-refractivity contribution >= 4 is 22.6 Å². The van der Waals surface area contributed by atoms with E-state index < -0.39 is 6.04 Å². The van der Waals surface area contributed by atoms with E-state index in [1.54, 1.807) is 4.90 Å². The molecule has 5 heteroatoms. The molecule has 2 aromatic rings. The van der Waals surface area contributed by atoms with Crippen LogP contribution >= 0.6 is 0 Å². The van der Waals surface area contributed by atoms with Gasteiger partial charge in [0.1, 0.15) is 17.4 Å². The van der Waals surface area contributed by atoms with Gasteiger partial charge in [0.15, 0.2) is 5.78 Å². The quantitative estimate of drug-likeness (QED) is 0.445. The van der Waals surface area contributed by atoms with Crippen LogP contribution in [0.5, 0.6) is 0 Å². The summed E-state index contributed by atoms with van der Waals surface area (Å²) < 4.78 is 0. The van der Waals surface area contributed by atoms with Gasteiger partial charge < -0.3 is 15.0 Å². The molecule has 1 fully saturated rings. The van der Waals surface area contributed by atoms with E-state index in [0.29, 0.717) is 6.42 Å². The van der Waals surface area contributed by atoms with Crippen molar-refractivity contribution in [1.29, 1.82) is 0 Å². The van der Waals surface area contributed by atoms with Crippen LogP contribution in [-0.4, -0.2) is 32.7 Å². The number of para-hydroxylation sites is 1. The molecule has 2 aliphatic heterocycles. The fraction of sp³-hybridized carbons (Fsp3) is 0.294. The molecule has 2 N–H and O–H groups in total. The van der Waals surface area contributed by atoms with E-state index in [-0.39, 0.29) is 29.1 Å². The molecular formula is C17H16N2O3. The number of nitrogens with zero attached hydrogens (tertiary/aromatic N) is 1. The predicted molar refractivity (Wildman–Crippen MR) is 81.4 cm³/mol. The van der Waals surface area contributed by atoms with Crippen LogP contribution in [-0.2, 0) is 16.0 Å². The van der Waals surface area contributed by atoms with Gasteiger partial charge in [0.05, 0.1) is 6.04 Å². The summed E-state index contributed by atoms with van der Waals surface area (Å²) in [5.41, 5.74) is 3.04. The zero-order chi connectivity index (χ0) is 15.6. The van der Waals surface area contributed by atoms with Crippen LogP contribution in [0.4, 0.5) is 0 Å². The van der Waals surface area contributed by atoms with E-state index in [4.69, 9.17) is 0 Å². The number of aromatic amines is 1. The summed E-state index contributed by atoms with van der Waals surface area (Å²) in [6, 6.07) is 7.24. The van der Waals surface area contributed by atoms with Gasteiger partial charge >= 0.3 is 0 Å². The normalized spacial score (nSPS) is 26.4. The van der Waals surface area contributed by atoms with Crippen molar-refractivity contribution in [3.8, 4) is 0 Å². The molecule has 2 aliphatic rings. The fourth-order valence-electron chi connectivity index (χ4n) is 3.77. The van der Waals surface area contributed by atoms with Crippen molar-refractivity contribution in [2.45, 2.75) is 32.4 Å². The molecule has 2 atom stereocenters. The second kappa shape index (κ2) is 4.22. The van der Waals surface area contributed by atoms with E-state index in [1.165, 1.54) is 6.92 Å². The van der Waals surface area contributed by atoms with E-state index >= 15 is 0 Å². The Bertz CT molecular complexity index is 858. The fourth-order valence-corrected chi connectivity index (χ4v) is 3.77. The van der Waals surface area contributed by atoms with E-state index in [0.717, 1.165) is 22.2 Å². The summed E-state index contributed by atoms with van der Waals surface area (Å²) in [7, 11) is 0. The molecule has 1 aromatic carbocycles. The number of ketones is 1. The average molecular weight is 296 g/mol. The largest absolute Gasteiger partial charge is 0.512 e. The molecule has 5 nitrogen and oxygen atoms in total. The number of rotatable bonds is 0. The third-order valence-electron chi connectivity index (χ3n) is 4.77. The Kier molecular flexibility index (Phi) is 2.52. The number of aliphatic hydroxyl groups is 1. The smallest absolute Gasteiger partial charge is 0.262 e. The molecule has 0 radical (unpaired) electrons. The minimum Gasteiger partial charge on any atom is -0.512 e. The number of Topliss-reactive ketones (excluding diaryl/α,β-unsaturated/α-hetero) is 1. The highest BCUT2D eigenvalue weighted by molar-refractivity contribution is 6.27. The summed E-state index contributed by atoms with van der Waals surface area (Å²) in [5, 5.41) is 10.8. The zero-order valence-corrected chi connectivity index (χ0v) is 12.4. The van der Waals surface area contributed by atoms with Crippen molar-refractivity contribution in [3.05, 3.63) is 46.9 Å². The Balaban J connectivity index is 1.91. The van der Waals surface area contributed by atoms with E-state index in [1.807, 2.05) is 31.2 Å². The van der Waals surface area contributed by atoms with E-state index in [9.17, 15) is 14.7 Å². The number of fused-ring (bicyclic) bond motifs is 4. The molecule has 1 amide bonds. The first-order valence-electron chi connectivity index (χ1n) is 7.37. The summed E-state index contributed by atoms with van der Waals surface area (Å²) in [6.45, 7) is 3.31. The first kappa shape index (κ1) is 13.1. The molecule has 3 heterocycles. The van der Waals surface area contributed by atoms with Gasteiger partial charge in [-0.05, 0) is 25.5 Å². The highest BCUT2D eigenvalue weighted by Gasteiger charge is 2.50. The van der Waals surface area contributed by atoms with Gasteiger partial charge in [-0.15, -0.1) is 0 Å². The van der Waals surface area contributed by atoms with E-state index in [2.05, 4.69) is 4.98 Å². The maximum Gasteiger partial charge on any atom is 0.262 e. The number of carbonyl (C=O) groups is 2. The summed E-state index contributed by atoms with van der Waals surface area (Å²) >= 11 is 0. The van der Waals surface area contributed by atoms with Crippen LogP contribution in [0.25, 0.3) is 10.9 Å². The van der Waals surface area contributed by atoms with Crippen LogP contribution < -0.4 is 0 Å². The third-order valence-corrected chi connectivity index (χ3v) is 4.77. The molecule has 0 bridgehead atoms. The summed E-state index contributed by atoms with van der Waals surface area (Å²) in [5.74, 6) is -0.829. The minimum atomic E-state index is -0.508. The Hall–Kier alpha value is -2.56. The highest BCUT2D eigenvalue weighted by Crippen LogP contribution is 2.41. The van der Waals surface area contributed by atoms with Gasteiger partial charge in [-0.3, -0.25) is 9.59 Å². The number of H-pyrrole nitrogens is 1. The number of aliphatic hydroxyl groups excluding tert-OH is 1. The molecule has 1 aromatic heterocycles. The van der Waals surface area contributed by atoms with Crippen LogP contribution in [0.1, 0.15) is 31.1 Å². The molecule has 4 rings (SSSR count). The van der Waals surface area contributed by atoms with Crippen LogP contribution in [0.3, 0.4) is 0 Å². The Morgan fingerprint density at radius 1 is 1.32 bits per heavy atom. The molecular weight excluding hydrogens is 280 g/mol. The standard InChI is InChI=1S/C17H16N2O3/c1-8-15-11(10-5-3-4-6-12(10)18-15)7-13-16(21)14(9(2)20)17(22)19(8)13/h3-6,8,13,18,20H,7H2,1-2H3/b14-9-/t8-,13+/m1/s1. The number of aromatic nitrogens is 1. The lowest BCUT2D eigenvalue weighted by atomic mass is 9.92. The zero-order valence-electron chi connectivity index (χ0n) is 12.4. The number of allylic oxidation sites excluding steroid dienone is 1. The summed E-state index contributed by atoms with van der Waals surface area (Å²) in [4.78, 5) is 30.0. The maximum absolute atomic E-state index is 12.5. The minimum absolute atomic E-state index is 0.0636. The number of hydrogen-bond donors (Lipinski definition) is 2. The molecule has 22 heavy (non-hydrogen) atoms. The highest BCUT2D eigenvalue weighted by atomic mass is 16.3. The number of carbonyl (C=O) groups excluding carboxylic acids is 2. The first-order valence-corrected chi connectivity index (χ1v) is 7.37. The first-order chi connectivity index (χ1) is 10.5. The number of nitrogens with one attached hydrogen (secondary N) is 1. The van der Waals surface area contributed by atoms with Crippen molar-refractivity contribution in [2.24, 2.45) is 0 Å². The molecule has 112 valence electrons. The van der Waals surface area contributed by atoms with Crippen LogP contribution in [0, 0.1) is 0 Å². The van der Waals surface area contributed by atoms with Gasteiger partial charge in [0.25, 0.3) is 5.91 Å². The van der Waals surface area contributed by atoms with Gasteiger partial charge in [-0.1, -0.05) is 18.2 Å². The number of benzene rings is 1. The van der Waals surface area contributed by atoms with Crippen LogP contribution in [0.15, 0.2) is 35.6 Å². The Morgan fingerprint density at radius 2 is 2.05 bits per heavy atom. The lowest BCUT2D eigenvalue weighted by Crippen LogP contribution is -2.42. The molecule has 0 spiro atoms. The average Bonchev–Trinajstić information content (AvgIpc) is 2.97. The molecule has 1 saturated heterocycles. The van der Waals surface area contributed by atoms with Gasteiger partial charge in [-0.25, -0.2) is 0 Å². The Morgan fingerprint density at radius 3 is 2.77 bits per heavy atom. The van der Waals surface area contributed by atoms with Gasteiger partial charge in [-0.2, -0.15) is 0 Å². The monoisotopic (exact) mass is 296 g/mol. The maximum atomic E-state index is 12.5. The number of amides is 1. The lowest BCUT2D eigenvalue weighted by molar-refractivity contribution is -0.130. The lowest BCUT2D eigenvalue weighted by Gasteiger charge is -2.34. The topological polar surface area (TPSA) is 73.4 Å². The molecule has 0 aliphatic carbocycles. The van der Waals surface area contributed by atoms with Gasteiger partial charge in [0.2, 0.25) is 0 Å². The molecule has 0 saturated carbocycles. The van der Waals surface area contributed by atoms with Crippen LogP contribution in [0.2, 0.25) is 0 Å². The second-order valence-corrected chi connectivity index (χ2v) is 6.00. The third kappa shape index (κ3) is 1.48. The molecule has 0 unspecified atom stereocenters. The number of hydrogen-bond acceptors (Lipinski definition) is 3. The predicted octanol–water partition coefficient (Wildman–Crippen LogP) is 2.40. The van der Waals surface area contributed by atoms with Gasteiger partial charge in [0, 0.05) is 23.0 Å². The second-order valence-electron chi connectivity index (χ2n) is 6.00.